The van der Waals surface area contributed by atoms with E-state index in [4.69, 9.17) is 14.2 Å². The Morgan fingerprint density at radius 3 is 2.48 bits per heavy atom. The number of esters is 2. The highest BCUT2D eigenvalue weighted by Gasteiger charge is 2.32. The van der Waals surface area contributed by atoms with E-state index in [1.165, 1.54) is 18.4 Å². The molecule has 0 spiro atoms. The van der Waals surface area contributed by atoms with Gasteiger partial charge in [-0.25, -0.2) is 9.59 Å². The molecule has 1 aliphatic rings. The number of carbonyl (C=O) groups excluding carboxylic acids is 3. The number of methoxy groups -OCH3 is 1. The fourth-order valence-electron chi connectivity index (χ4n) is 5.10. The Morgan fingerprint density at radius 2 is 1.82 bits per heavy atom. The molecule has 9 nitrogen and oxygen atoms in total. The lowest BCUT2D eigenvalue weighted by Gasteiger charge is -2.34. The smallest absolute Gasteiger partial charge is 0.351 e. The van der Waals surface area contributed by atoms with Gasteiger partial charge in [0, 0.05) is 18.4 Å². The van der Waals surface area contributed by atoms with Crippen molar-refractivity contribution in [1.29, 1.82) is 0 Å². The SMILES string of the molecule is COC(=O)c1sc(-c2cccc(NC(C(=O)N(C)c3cccc(C)c3)C3CCNCC3)c2)c(Br)c1OCC(=O)OC(C)(C)C. The van der Waals surface area contributed by atoms with Crippen molar-refractivity contribution in [2.24, 2.45) is 5.92 Å². The maximum Gasteiger partial charge on any atom is 0.351 e. The number of ether oxygens (including phenoxy) is 3. The number of benzene rings is 2. The molecule has 2 N–H and O–H groups in total. The maximum absolute atomic E-state index is 14.0. The molecule has 4 rings (SSSR count). The van der Waals surface area contributed by atoms with Gasteiger partial charge in [0.2, 0.25) is 5.91 Å². The molecular weight excluding hydrogens is 646 g/mol. The Balaban J connectivity index is 1.63. The third kappa shape index (κ3) is 8.40. The van der Waals surface area contributed by atoms with Gasteiger partial charge in [-0.05, 0) is 111 Å². The summed E-state index contributed by atoms with van der Waals surface area (Å²) in [7, 11) is 3.11. The standard InChI is InChI=1S/C33H40BrN3O6S/c1-20-9-7-12-24(17-20)37(5)31(39)27(21-13-15-35-16-14-21)36-23-11-8-10-22(18-23)29-26(34)28(30(44-29)32(40)41-6)42-19-25(38)43-33(2,3)4/h7-12,17-18,21,27,35-36H,13-16,19H2,1-6H3. The topological polar surface area (TPSA) is 106 Å². The van der Waals surface area contributed by atoms with Gasteiger partial charge in [-0.3, -0.25) is 4.79 Å². The lowest BCUT2D eigenvalue weighted by atomic mass is 9.89. The van der Waals surface area contributed by atoms with Crippen LogP contribution in [0, 0.1) is 12.8 Å². The van der Waals surface area contributed by atoms with Crippen LogP contribution in [0.4, 0.5) is 11.4 Å². The highest BCUT2D eigenvalue weighted by atomic mass is 79.9. The van der Waals surface area contributed by atoms with Crippen LogP contribution in [0.1, 0.15) is 48.8 Å². The van der Waals surface area contributed by atoms with Gasteiger partial charge in [0.25, 0.3) is 0 Å². The predicted molar refractivity (Wildman–Crippen MR) is 178 cm³/mol. The predicted octanol–water partition coefficient (Wildman–Crippen LogP) is 6.44. The first-order valence-electron chi connectivity index (χ1n) is 14.5. The molecule has 11 heteroatoms. The first-order valence-corrected chi connectivity index (χ1v) is 16.2. The van der Waals surface area contributed by atoms with Crippen molar-refractivity contribution in [2.45, 2.75) is 52.2 Å². The number of hydrogen-bond acceptors (Lipinski definition) is 9. The average Bonchev–Trinajstić information content (AvgIpc) is 3.33. The Kier molecular flexibility index (Phi) is 11.1. The van der Waals surface area contributed by atoms with E-state index in [2.05, 4.69) is 26.6 Å². The molecule has 1 fully saturated rings. The van der Waals surface area contributed by atoms with Crippen molar-refractivity contribution in [3.05, 3.63) is 63.4 Å². The van der Waals surface area contributed by atoms with Crippen LogP contribution >= 0.6 is 27.3 Å². The molecule has 2 heterocycles. The molecule has 2 aromatic carbocycles. The number of halogens is 1. The molecular formula is C33H40BrN3O6S. The number of thiophene rings is 1. The Hall–Kier alpha value is -3.41. The fourth-order valence-corrected chi connectivity index (χ4v) is 7.07. The summed E-state index contributed by atoms with van der Waals surface area (Å²) in [4.78, 5) is 41.7. The molecule has 0 radical (unpaired) electrons. The first kappa shape index (κ1) is 33.5. The van der Waals surface area contributed by atoms with E-state index in [0.717, 1.165) is 53.3 Å². The van der Waals surface area contributed by atoms with Crippen LogP contribution in [0.2, 0.25) is 0 Å². The van der Waals surface area contributed by atoms with Crippen LogP contribution in [-0.4, -0.2) is 63.3 Å². The van der Waals surface area contributed by atoms with Crippen molar-refractivity contribution in [2.75, 3.05) is 44.1 Å². The van der Waals surface area contributed by atoms with E-state index < -0.39 is 23.6 Å². The van der Waals surface area contributed by atoms with Crippen molar-refractivity contribution in [3.8, 4) is 16.2 Å². The van der Waals surface area contributed by atoms with Crippen molar-refractivity contribution in [3.63, 3.8) is 0 Å². The van der Waals surface area contributed by atoms with Crippen LogP contribution in [0.15, 0.2) is 53.0 Å². The molecule has 1 aliphatic heterocycles. The van der Waals surface area contributed by atoms with E-state index in [-0.39, 0.29) is 29.1 Å². The van der Waals surface area contributed by atoms with Crippen LogP contribution < -0.4 is 20.3 Å². The van der Waals surface area contributed by atoms with Crippen LogP contribution in [0.3, 0.4) is 0 Å². The first-order chi connectivity index (χ1) is 20.9. The summed E-state index contributed by atoms with van der Waals surface area (Å²) in [6, 6.07) is 15.2. The van der Waals surface area contributed by atoms with Crippen LogP contribution in [0.5, 0.6) is 5.75 Å². The number of hydrogen-bond donors (Lipinski definition) is 2. The minimum absolute atomic E-state index is 0.00369. The summed E-state index contributed by atoms with van der Waals surface area (Å²) in [5.41, 5.74) is 2.84. The summed E-state index contributed by atoms with van der Waals surface area (Å²) >= 11 is 4.79. The van der Waals surface area contributed by atoms with Gasteiger partial charge in [-0.1, -0.05) is 24.3 Å². The molecule has 1 unspecified atom stereocenters. The molecule has 0 aliphatic carbocycles. The quantitative estimate of drug-likeness (QED) is 0.235. The van der Waals surface area contributed by atoms with Gasteiger partial charge < -0.3 is 29.7 Å². The summed E-state index contributed by atoms with van der Waals surface area (Å²) in [5.74, 6) is -0.777. The third-order valence-electron chi connectivity index (χ3n) is 7.22. The number of aryl methyl sites for hydroxylation is 1. The van der Waals surface area contributed by atoms with E-state index in [1.54, 1.807) is 25.7 Å². The second-order valence-corrected chi connectivity index (χ2v) is 13.6. The number of carbonyl (C=O) groups is 3. The highest BCUT2D eigenvalue weighted by Crippen LogP contribution is 2.46. The lowest BCUT2D eigenvalue weighted by Crippen LogP contribution is -2.48. The molecule has 44 heavy (non-hydrogen) atoms. The Morgan fingerprint density at radius 1 is 1.11 bits per heavy atom. The number of nitrogens with one attached hydrogen (secondary N) is 2. The molecule has 1 amide bonds. The Bertz CT molecular complexity index is 1490. The zero-order chi connectivity index (χ0) is 32.0. The van der Waals surface area contributed by atoms with Crippen LogP contribution in [0.25, 0.3) is 10.4 Å². The molecule has 1 atom stereocenters. The number of nitrogens with zero attached hydrogens (tertiary/aromatic N) is 1. The number of likely N-dealkylation sites (N-methyl/N-ethyl adjacent to an activating group) is 1. The molecule has 1 saturated heterocycles. The zero-order valence-corrected chi connectivity index (χ0v) is 28.4. The minimum Gasteiger partial charge on any atom is -0.479 e. The largest absolute Gasteiger partial charge is 0.479 e. The second kappa shape index (κ2) is 14.6. The average molecular weight is 687 g/mol. The van der Waals surface area contributed by atoms with Crippen LogP contribution in [-0.2, 0) is 19.1 Å². The van der Waals surface area contributed by atoms with Gasteiger partial charge in [0.1, 0.15) is 11.6 Å². The lowest BCUT2D eigenvalue weighted by molar-refractivity contribution is -0.157. The maximum atomic E-state index is 14.0. The number of anilines is 2. The highest BCUT2D eigenvalue weighted by molar-refractivity contribution is 9.10. The fraction of sp³-hybridized carbons (Fsp3) is 0.424. The molecule has 236 valence electrons. The summed E-state index contributed by atoms with van der Waals surface area (Å²) < 4.78 is 16.7. The van der Waals surface area contributed by atoms with E-state index in [9.17, 15) is 14.4 Å². The van der Waals surface area contributed by atoms with Gasteiger partial charge in [-0.2, -0.15) is 0 Å². The molecule has 1 aromatic heterocycles. The molecule has 3 aromatic rings. The van der Waals surface area contributed by atoms with E-state index in [0.29, 0.717) is 4.47 Å². The van der Waals surface area contributed by atoms with E-state index in [1.807, 2.05) is 62.5 Å². The third-order valence-corrected chi connectivity index (χ3v) is 9.44. The van der Waals surface area contributed by atoms with Crippen molar-refractivity contribution >= 4 is 56.5 Å². The second-order valence-electron chi connectivity index (χ2n) is 11.8. The molecule has 0 bridgehead atoms. The van der Waals surface area contributed by atoms with Gasteiger partial charge in [0.05, 0.1) is 16.5 Å². The van der Waals surface area contributed by atoms with Gasteiger partial charge >= 0.3 is 11.9 Å². The summed E-state index contributed by atoms with van der Waals surface area (Å²) in [6.07, 6.45) is 1.75. The van der Waals surface area contributed by atoms with Crippen molar-refractivity contribution < 1.29 is 28.6 Å². The van der Waals surface area contributed by atoms with Crippen molar-refractivity contribution in [1.82, 2.24) is 5.32 Å². The Labute approximate surface area is 271 Å². The summed E-state index contributed by atoms with van der Waals surface area (Å²) in [6.45, 7) is 8.67. The zero-order valence-electron chi connectivity index (χ0n) is 26.0. The minimum atomic E-state index is -0.668. The normalized spacial score (nSPS) is 14.4. The summed E-state index contributed by atoms with van der Waals surface area (Å²) in [5, 5.41) is 6.94. The van der Waals surface area contributed by atoms with E-state index >= 15 is 0 Å². The van der Waals surface area contributed by atoms with Gasteiger partial charge in [0.15, 0.2) is 17.2 Å². The monoisotopic (exact) mass is 685 g/mol. The number of rotatable bonds is 10. The number of amides is 1. The van der Waals surface area contributed by atoms with Gasteiger partial charge in [-0.15, -0.1) is 11.3 Å². The molecule has 0 saturated carbocycles. The number of piperidine rings is 1.